The molecule has 188 valence electrons. The van der Waals surface area contributed by atoms with Crippen molar-refractivity contribution in [3.8, 4) is 11.5 Å². The second-order valence-corrected chi connectivity index (χ2v) is 9.68. The van der Waals surface area contributed by atoms with Gasteiger partial charge >= 0.3 is 0 Å². The van der Waals surface area contributed by atoms with Crippen LogP contribution in [0.3, 0.4) is 0 Å². The van der Waals surface area contributed by atoms with E-state index in [9.17, 15) is 0 Å². The van der Waals surface area contributed by atoms with Crippen molar-refractivity contribution in [2.45, 2.75) is 31.8 Å². The molecule has 5 aromatic heterocycles. The van der Waals surface area contributed by atoms with Gasteiger partial charge in [0.15, 0.2) is 28.6 Å². The number of hydrogen-bond donors (Lipinski definition) is 1. The average molecular weight is 519 g/mol. The number of hydrogen-bond acceptors (Lipinski definition) is 8. The Morgan fingerprint density at radius 3 is 2.95 bits per heavy atom. The highest BCUT2D eigenvalue weighted by atomic mass is 35.5. The average Bonchev–Trinajstić information content (AvgIpc) is 3.68. The van der Waals surface area contributed by atoms with E-state index in [1.807, 2.05) is 31.6 Å². The predicted octanol–water partition coefficient (Wildman–Crippen LogP) is 4.51. The van der Waals surface area contributed by atoms with Crippen molar-refractivity contribution in [1.29, 1.82) is 0 Å². The van der Waals surface area contributed by atoms with E-state index in [0.29, 0.717) is 58.3 Å². The lowest BCUT2D eigenvalue weighted by atomic mass is 10.0. The molecule has 0 aromatic carbocycles. The Balaban J connectivity index is 1.33. The maximum atomic E-state index is 7.68. The van der Waals surface area contributed by atoms with E-state index >= 15 is 0 Å². The van der Waals surface area contributed by atoms with E-state index < -0.39 is 5.54 Å². The standard InChI is InChI=1S/C24H23ClN10O2/c1-24(2,26-3)17-9-18(32-35(17)14-6-8-36-13-14)30-23-31-22-21(33(23)4)20(25)16(11-28-22)37-15-10-27-19-5-7-29-34(19)12-15/h5,7,9-12,14H,6,8,13H2,1-2,4H3,(H,28,30,31,32)/t14-/m0/s1. The summed E-state index contributed by atoms with van der Waals surface area (Å²) >= 11 is 6.74. The Labute approximate surface area is 216 Å². The number of nitrogens with one attached hydrogen (secondary N) is 1. The Kier molecular flexibility index (Phi) is 5.47. The molecule has 0 amide bonds. The van der Waals surface area contributed by atoms with Crippen LogP contribution in [0.25, 0.3) is 21.7 Å². The number of ether oxygens (including phenoxy) is 2. The van der Waals surface area contributed by atoms with Gasteiger partial charge in [0.1, 0.15) is 16.2 Å². The second kappa shape index (κ2) is 8.72. The van der Waals surface area contributed by atoms with Crippen molar-refractivity contribution in [3.63, 3.8) is 0 Å². The summed E-state index contributed by atoms with van der Waals surface area (Å²) in [6.45, 7) is 12.7. The quantitative estimate of drug-likeness (QED) is 0.326. The Morgan fingerprint density at radius 1 is 1.30 bits per heavy atom. The molecule has 0 spiro atoms. The summed E-state index contributed by atoms with van der Waals surface area (Å²) in [4.78, 5) is 17.2. The minimum absolute atomic E-state index is 0.0817. The number of aromatic nitrogens is 8. The van der Waals surface area contributed by atoms with E-state index in [1.165, 1.54) is 6.20 Å². The predicted molar refractivity (Wildman–Crippen MR) is 136 cm³/mol. The second-order valence-electron chi connectivity index (χ2n) is 9.30. The zero-order valence-electron chi connectivity index (χ0n) is 20.4. The molecule has 37 heavy (non-hydrogen) atoms. The molecule has 5 aromatic rings. The maximum absolute atomic E-state index is 7.68. The summed E-state index contributed by atoms with van der Waals surface area (Å²) in [5, 5.41) is 12.6. The highest BCUT2D eigenvalue weighted by Crippen LogP contribution is 2.36. The zero-order chi connectivity index (χ0) is 25.7. The molecule has 1 fully saturated rings. The van der Waals surface area contributed by atoms with Gasteiger partial charge in [-0.15, -0.1) is 0 Å². The normalized spacial score (nSPS) is 15.9. The highest BCUT2D eigenvalue weighted by Gasteiger charge is 2.35. The molecule has 0 bridgehead atoms. The summed E-state index contributed by atoms with van der Waals surface area (Å²) in [7, 11) is 1.83. The van der Waals surface area contributed by atoms with Crippen molar-refractivity contribution in [2.75, 3.05) is 18.5 Å². The fourth-order valence-electron chi connectivity index (χ4n) is 4.35. The van der Waals surface area contributed by atoms with Crippen LogP contribution in [0.1, 0.15) is 32.0 Å². The summed E-state index contributed by atoms with van der Waals surface area (Å²) in [6, 6.07) is 3.76. The molecule has 0 saturated carbocycles. The lowest BCUT2D eigenvalue weighted by Crippen LogP contribution is -2.22. The lowest BCUT2D eigenvalue weighted by Gasteiger charge is -2.17. The first-order chi connectivity index (χ1) is 17.8. The van der Waals surface area contributed by atoms with Gasteiger partial charge in [-0.2, -0.15) is 15.2 Å². The van der Waals surface area contributed by atoms with Crippen molar-refractivity contribution < 1.29 is 9.47 Å². The number of rotatable bonds is 6. The summed E-state index contributed by atoms with van der Waals surface area (Å²) in [5.41, 5.74) is 1.83. The topological polar surface area (TPSA) is 114 Å². The van der Waals surface area contributed by atoms with Crippen molar-refractivity contribution >= 4 is 40.2 Å². The molecular weight excluding hydrogens is 496 g/mol. The lowest BCUT2D eigenvalue weighted by molar-refractivity contribution is 0.183. The van der Waals surface area contributed by atoms with Crippen LogP contribution in [0.15, 0.2) is 36.9 Å². The molecule has 12 nitrogen and oxygen atoms in total. The third-order valence-corrected chi connectivity index (χ3v) is 6.75. The number of imidazole rings is 1. The van der Waals surface area contributed by atoms with Crippen LogP contribution in [-0.2, 0) is 17.3 Å². The third kappa shape index (κ3) is 4.02. The molecular formula is C24H23ClN10O2. The fraction of sp³-hybridized carbons (Fsp3) is 0.333. The molecule has 1 aliphatic rings. The first-order valence-electron chi connectivity index (χ1n) is 11.7. The van der Waals surface area contributed by atoms with E-state index in [0.717, 1.165) is 12.1 Å². The molecule has 6 rings (SSSR count). The summed E-state index contributed by atoms with van der Waals surface area (Å²) in [5.74, 6) is 1.91. The summed E-state index contributed by atoms with van der Waals surface area (Å²) in [6.07, 6.45) is 7.35. The van der Waals surface area contributed by atoms with Crippen LogP contribution in [0.4, 0.5) is 11.8 Å². The molecule has 0 unspecified atom stereocenters. The van der Waals surface area contributed by atoms with E-state index in [1.54, 1.807) is 33.7 Å². The number of aryl methyl sites for hydroxylation is 1. The zero-order valence-corrected chi connectivity index (χ0v) is 21.1. The van der Waals surface area contributed by atoms with Crippen LogP contribution in [0.2, 0.25) is 5.02 Å². The largest absolute Gasteiger partial charge is 0.451 e. The van der Waals surface area contributed by atoms with Gasteiger partial charge in [0.2, 0.25) is 5.95 Å². The van der Waals surface area contributed by atoms with Gasteiger partial charge in [-0.25, -0.2) is 21.1 Å². The van der Waals surface area contributed by atoms with Crippen LogP contribution in [-0.4, -0.2) is 52.1 Å². The van der Waals surface area contributed by atoms with Gasteiger partial charge in [-0.1, -0.05) is 11.6 Å². The van der Waals surface area contributed by atoms with Gasteiger partial charge in [0.05, 0.1) is 37.4 Å². The molecule has 6 heterocycles. The van der Waals surface area contributed by atoms with Crippen molar-refractivity contribution in [2.24, 2.45) is 7.05 Å². The van der Waals surface area contributed by atoms with Gasteiger partial charge in [0, 0.05) is 39.6 Å². The van der Waals surface area contributed by atoms with Gasteiger partial charge < -0.3 is 24.2 Å². The third-order valence-electron chi connectivity index (χ3n) is 6.39. The van der Waals surface area contributed by atoms with Crippen LogP contribution < -0.4 is 10.1 Å². The molecule has 0 radical (unpaired) electrons. The SMILES string of the molecule is [C-]#[N+]C(C)(C)c1cc(Nc2nc3ncc(Oc4cnc5ccnn5c4)c(Cl)c3n2C)nn1[C@H]1CCOC1. The van der Waals surface area contributed by atoms with E-state index in [4.69, 9.17) is 32.7 Å². The van der Waals surface area contributed by atoms with E-state index in [2.05, 4.69) is 30.2 Å². The van der Waals surface area contributed by atoms with Crippen molar-refractivity contribution in [3.05, 3.63) is 59.1 Å². The van der Waals surface area contributed by atoms with Crippen LogP contribution >= 0.6 is 11.6 Å². The fourth-order valence-corrected chi connectivity index (χ4v) is 4.64. The van der Waals surface area contributed by atoms with Gasteiger partial charge in [0.25, 0.3) is 5.54 Å². The van der Waals surface area contributed by atoms with Crippen LogP contribution in [0.5, 0.6) is 11.5 Å². The first kappa shape index (κ1) is 23.2. The Bertz CT molecular complexity index is 1670. The minimum Gasteiger partial charge on any atom is -0.451 e. The molecule has 1 saturated heterocycles. The first-order valence-corrected chi connectivity index (χ1v) is 12.0. The molecule has 1 atom stereocenters. The van der Waals surface area contributed by atoms with E-state index in [-0.39, 0.29) is 6.04 Å². The minimum atomic E-state index is -0.743. The van der Waals surface area contributed by atoms with Gasteiger partial charge in [-0.3, -0.25) is 4.68 Å². The maximum Gasteiger partial charge on any atom is 0.268 e. The number of nitrogens with zero attached hydrogens (tertiary/aromatic N) is 9. The number of halogens is 1. The van der Waals surface area contributed by atoms with Crippen molar-refractivity contribution in [1.82, 2.24) is 38.9 Å². The molecule has 1 aliphatic heterocycles. The van der Waals surface area contributed by atoms with Gasteiger partial charge in [-0.05, 0) is 6.42 Å². The van der Waals surface area contributed by atoms with Crippen LogP contribution in [0, 0.1) is 6.57 Å². The smallest absolute Gasteiger partial charge is 0.268 e. The summed E-state index contributed by atoms with van der Waals surface area (Å²) < 4.78 is 16.8. The molecule has 0 aliphatic carbocycles. The monoisotopic (exact) mass is 518 g/mol. The Hall–Kier alpha value is -4.21. The molecule has 13 heteroatoms. The number of fused-ring (bicyclic) bond motifs is 2. The number of pyridine rings is 1. The Morgan fingerprint density at radius 2 is 2.16 bits per heavy atom. The number of anilines is 2. The highest BCUT2D eigenvalue weighted by molar-refractivity contribution is 6.36. The molecule has 1 N–H and O–H groups in total.